The molecule has 4 heterocycles. The van der Waals surface area contributed by atoms with Gasteiger partial charge in [0, 0.05) is 31.9 Å². The van der Waals surface area contributed by atoms with E-state index in [0.29, 0.717) is 5.56 Å². The molecule has 0 aliphatic carbocycles. The highest BCUT2D eigenvalue weighted by molar-refractivity contribution is 6.30. The van der Waals surface area contributed by atoms with Crippen LogP contribution in [0.5, 0.6) is 0 Å². The summed E-state index contributed by atoms with van der Waals surface area (Å²) in [6.07, 6.45) is -2.26. The van der Waals surface area contributed by atoms with Gasteiger partial charge in [-0.05, 0) is 52.3 Å². The summed E-state index contributed by atoms with van der Waals surface area (Å²) in [6, 6.07) is 2.20. The molecule has 0 spiro atoms. The van der Waals surface area contributed by atoms with E-state index in [1.54, 1.807) is 30.6 Å². The molecule has 198 valence electrons. The van der Waals surface area contributed by atoms with Gasteiger partial charge in [-0.1, -0.05) is 11.6 Å². The van der Waals surface area contributed by atoms with Gasteiger partial charge in [-0.25, -0.2) is 32.3 Å². The number of aromatic nitrogens is 4. The maximum Gasteiger partial charge on any atom is 0.410 e. The summed E-state index contributed by atoms with van der Waals surface area (Å²) in [7, 11) is 0. The zero-order chi connectivity index (χ0) is 27.2. The zero-order valence-electron chi connectivity index (χ0n) is 20.9. The van der Waals surface area contributed by atoms with Gasteiger partial charge >= 0.3 is 11.8 Å². The number of piperazine rings is 1. The van der Waals surface area contributed by atoms with Crippen LogP contribution < -0.4 is 10.6 Å². The molecule has 13 heteroatoms. The first-order chi connectivity index (χ1) is 17.3. The van der Waals surface area contributed by atoms with Gasteiger partial charge in [0.15, 0.2) is 16.6 Å². The van der Waals surface area contributed by atoms with Crippen molar-refractivity contribution in [3.63, 3.8) is 0 Å². The van der Waals surface area contributed by atoms with E-state index in [1.807, 2.05) is 6.92 Å². The van der Waals surface area contributed by atoms with Crippen molar-refractivity contribution in [2.24, 2.45) is 0 Å². The maximum atomic E-state index is 14.6. The lowest BCUT2D eigenvalue weighted by molar-refractivity contribution is 0.0218. The molecule has 1 fully saturated rings. The second-order valence-electron chi connectivity index (χ2n) is 9.82. The molecule has 3 aromatic rings. The number of carbonyl (C=O) groups excluding carboxylic acids is 1. The molecule has 1 amide bonds. The summed E-state index contributed by atoms with van der Waals surface area (Å²) in [5.74, 6) is -0.754. The lowest BCUT2D eigenvalue weighted by atomic mass is 10.1. The standard InChI is InChI=1S/C24H26ClF3N6O3/c1-12-6-7-29-16(19(27)28)17(12)34-21-14(10-15(26)18(25)30-21)20(31-22(34)35)33-9-8-32(11-13(33)2)23(36)37-24(3,4)5/h6-7,10,13,19H,8-9,11H2,1-5H3. The van der Waals surface area contributed by atoms with E-state index in [4.69, 9.17) is 16.3 Å². The van der Waals surface area contributed by atoms with Crippen LogP contribution in [-0.4, -0.2) is 61.8 Å². The van der Waals surface area contributed by atoms with Crippen LogP contribution in [0.2, 0.25) is 5.15 Å². The summed E-state index contributed by atoms with van der Waals surface area (Å²) >= 11 is 5.96. The number of fused-ring (bicyclic) bond motifs is 1. The van der Waals surface area contributed by atoms with Crippen LogP contribution in [0.1, 0.15) is 45.4 Å². The molecule has 0 saturated carbocycles. The van der Waals surface area contributed by atoms with E-state index in [9.17, 15) is 22.8 Å². The molecule has 9 nitrogen and oxygen atoms in total. The highest BCUT2D eigenvalue weighted by atomic mass is 35.5. The molecule has 0 bridgehead atoms. The third kappa shape index (κ3) is 5.20. The molecule has 0 aromatic carbocycles. The maximum absolute atomic E-state index is 14.6. The Morgan fingerprint density at radius 1 is 1.24 bits per heavy atom. The number of hydrogen-bond acceptors (Lipinski definition) is 7. The van der Waals surface area contributed by atoms with E-state index in [-0.39, 0.29) is 48.2 Å². The number of carbonyl (C=O) groups is 1. The first-order valence-corrected chi connectivity index (χ1v) is 11.9. The largest absolute Gasteiger partial charge is 0.444 e. The van der Waals surface area contributed by atoms with E-state index in [0.717, 1.165) is 10.6 Å². The van der Waals surface area contributed by atoms with Gasteiger partial charge in [0.2, 0.25) is 0 Å². The van der Waals surface area contributed by atoms with Crippen LogP contribution in [0.15, 0.2) is 23.1 Å². The van der Waals surface area contributed by atoms with Crippen LogP contribution in [0.25, 0.3) is 16.7 Å². The zero-order valence-corrected chi connectivity index (χ0v) is 21.7. The molecular weight excluding hydrogens is 513 g/mol. The minimum Gasteiger partial charge on any atom is -0.444 e. The second-order valence-corrected chi connectivity index (χ2v) is 10.2. The fourth-order valence-corrected chi connectivity index (χ4v) is 4.43. The van der Waals surface area contributed by atoms with Crippen molar-refractivity contribution in [2.75, 3.05) is 24.5 Å². The molecule has 1 aliphatic heterocycles. The van der Waals surface area contributed by atoms with Gasteiger partial charge in [0.1, 0.15) is 17.1 Å². The number of hydrogen-bond donors (Lipinski definition) is 0. The highest BCUT2D eigenvalue weighted by Crippen LogP contribution is 2.32. The van der Waals surface area contributed by atoms with Gasteiger partial charge in [0.25, 0.3) is 6.43 Å². The number of amides is 1. The monoisotopic (exact) mass is 538 g/mol. The van der Waals surface area contributed by atoms with Crippen LogP contribution in [0.4, 0.5) is 23.8 Å². The van der Waals surface area contributed by atoms with Crippen molar-refractivity contribution in [2.45, 2.75) is 52.7 Å². The third-order valence-corrected chi connectivity index (χ3v) is 6.16. The van der Waals surface area contributed by atoms with Crippen LogP contribution in [-0.2, 0) is 4.74 Å². The third-order valence-electron chi connectivity index (χ3n) is 5.89. The predicted molar refractivity (Wildman–Crippen MR) is 132 cm³/mol. The first kappa shape index (κ1) is 26.6. The Morgan fingerprint density at radius 2 is 1.95 bits per heavy atom. The first-order valence-electron chi connectivity index (χ1n) is 11.6. The molecule has 3 aromatic heterocycles. The van der Waals surface area contributed by atoms with Crippen molar-refractivity contribution >= 4 is 34.5 Å². The van der Waals surface area contributed by atoms with E-state index >= 15 is 0 Å². The summed E-state index contributed by atoms with van der Waals surface area (Å²) < 4.78 is 48.6. The Kier molecular flexibility index (Phi) is 7.06. The minimum atomic E-state index is -2.99. The molecule has 4 rings (SSSR count). The average molecular weight is 539 g/mol. The van der Waals surface area contributed by atoms with E-state index in [2.05, 4.69) is 15.0 Å². The van der Waals surface area contributed by atoms with Crippen molar-refractivity contribution in [1.82, 2.24) is 24.4 Å². The van der Waals surface area contributed by atoms with Crippen LogP contribution in [0.3, 0.4) is 0 Å². The van der Waals surface area contributed by atoms with Crippen molar-refractivity contribution < 1.29 is 22.7 Å². The lowest BCUT2D eigenvalue weighted by Gasteiger charge is -2.41. The Morgan fingerprint density at radius 3 is 2.57 bits per heavy atom. The summed E-state index contributed by atoms with van der Waals surface area (Å²) in [6.45, 7) is 9.43. The number of anilines is 1. The molecule has 0 radical (unpaired) electrons. The molecular formula is C24H26ClF3N6O3. The SMILES string of the molecule is Cc1ccnc(C(F)F)c1-n1c(=O)nc(N2CCN(C(=O)OC(C)(C)C)CC2C)c2cc(F)c(Cl)nc21. The van der Waals surface area contributed by atoms with Gasteiger partial charge in [-0.2, -0.15) is 4.98 Å². The Hall–Kier alpha value is -3.41. The van der Waals surface area contributed by atoms with Gasteiger partial charge in [0.05, 0.1) is 11.1 Å². The Labute approximate surface area is 215 Å². The quantitative estimate of drug-likeness (QED) is 0.448. The van der Waals surface area contributed by atoms with Gasteiger partial charge in [-0.3, -0.25) is 4.98 Å². The van der Waals surface area contributed by atoms with Crippen molar-refractivity contribution in [1.29, 1.82) is 0 Å². The molecule has 0 N–H and O–H groups in total. The number of nitrogens with zero attached hydrogens (tertiary/aromatic N) is 6. The second kappa shape index (κ2) is 9.81. The summed E-state index contributed by atoms with van der Waals surface area (Å²) in [5.41, 5.74) is -2.21. The number of alkyl halides is 2. The van der Waals surface area contributed by atoms with Crippen molar-refractivity contribution in [3.8, 4) is 5.69 Å². The fourth-order valence-electron chi connectivity index (χ4n) is 4.29. The number of ether oxygens (including phenoxy) is 1. The Bertz CT molecular complexity index is 1430. The van der Waals surface area contributed by atoms with E-state index in [1.165, 1.54) is 19.2 Å². The number of aryl methyl sites for hydroxylation is 1. The summed E-state index contributed by atoms with van der Waals surface area (Å²) in [4.78, 5) is 41.1. The molecule has 1 unspecified atom stereocenters. The number of halogens is 4. The molecule has 37 heavy (non-hydrogen) atoms. The number of pyridine rings is 2. The lowest BCUT2D eigenvalue weighted by Crippen LogP contribution is -2.55. The average Bonchev–Trinajstić information content (AvgIpc) is 2.79. The van der Waals surface area contributed by atoms with E-state index < -0.39 is 40.5 Å². The highest BCUT2D eigenvalue weighted by Gasteiger charge is 2.33. The topological polar surface area (TPSA) is 93.5 Å². The number of rotatable bonds is 3. The normalized spacial score (nSPS) is 16.5. The predicted octanol–water partition coefficient (Wildman–Crippen LogP) is 4.66. The molecule has 1 saturated heterocycles. The fraction of sp³-hybridized carbons (Fsp3) is 0.458. The van der Waals surface area contributed by atoms with Crippen LogP contribution >= 0.6 is 11.6 Å². The van der Waals surface area contributed by atoms with Gasteiger partial charge in [-0.15, -0.1) is 0 Å². The minimum absolute atomic E-state index is 0.0996. The van der Waals surface area contributed by atoms with Crippen molar-refractivity contribution in [3.05, 3.63) is 51.0 Å². The van der Waals surface area contributed by atoms with Gasteiger partial charge < -0.3 is 14.5 Å². The smallest absolute Gasteiger partial charge is 0.410 e. The summed E-state index contributed by atoms with van der Waals surface area (Å²) in [5, 5.41) is -0.428. The molecule has 1 atom stereocenters. The Balaban J connectivity index is 1.85. The molecule has 1 aliphatic rings. The van der Waals surface area contributed by atoms with Crippen LogP contribution in [0, 0.1) is 12.7 Å².